The number of benzene rings is 1. The molecule has 1 saturated heterocycles. The predicted molar refractivity (Wildman–Crippen MR) is 138 cm³/mol. The van der Waals surface area contributed by atoms with Gasteiger partial charge in [-0.25, -0.2) is 4.98 Å². The SMILES string of the molecule is CCC(=Nc1ccc(Cl)cc1)C(=CN)C(=O)Nc1cnc(N2CCC(OC)CC2)c(C2CC2)c1. The van der Waals surface area contributed by atoms with E-state index in [0.29, 0.717) is 46.1 Å². The molecule has 180 valence electrons. The van der Waals surface area contributed by atoms with Crippen molar-refractivity contribution in [3.63, 3.8) is 0 Å². The molecule has 0 spiro atoms. The fourth-order valence-electron chi connectivity index (χ4n) is 4.31. The number of aromatic nitrogens is 1. The molecule has 1 aliphatic carbocycles. The molecular formula is C26H32ClN5O2. The number of aliphatic imine (C=N–C) groups is 1. The van der Waals surface area contributed by atoms with Gasteiger partial charge < -0.3 is 20.7 Å². The van der Waals surface area contributed by atoms with Crippen molar-refractivity contribution < 1.29 is 9.53 Å². The van der Waals surface area contributed by atoms with E-state index in [1.165, 1.54) is 11.8 Å². The summed E-state index contributed by atoms with van der Waals surface area (Å²) in [5.41, 5.74) is 9.40. The van der Waals surface area contributed by atoms with Crippen LogP contribution in [0.2, 0.25) is 5.02 Å². The fraction of sp³-hybridized carbons (Fsp3) is 0.423. The van der Waals surface area contributed by atoms with Gasteiger partial charge >= 0.3 is 0 Å². The predicted octanol–water partition coefficient (Wildman–Crippen LogP) is 5.19. The van der Waals surface area contributed by atoms with Crippen molar-refractivity contribution in [2.45, 2.75) is 51.0 Å². The second-order valence-corrected chi connectivity index (χ2v) is 9.19. The van der Waals surface area contributed by atoms with Gasteiger partial charge in [-0.3, -0.25) is 9.79 Å². The number of nitrogens with two attached hydrogens (primary N) is 1. The maximum absolute atomic E-state index is 13.1. The van der Waals surface area contributed by atoms with Crippen LogP contribution < -0.4 is 16.0 Å². The van der Waals surface area contributed by atoms with Crippen molar-refractivity contribution in [2.75, 3.05) is 30.4 Å². The number of hydrogen-bond acceptors (Lipinski definition) is 6. The summed E-state index contributed by atoms with van der Waals surface area (Å²) in [7, 11) is 1.78. The number of methoxy groups -OCH3 is 1. The molecule has 2 aliphatic rings. The van der Waals surface area contributed by atoms with Crippen molar-refractivity contribution in [3.05, 3.63) is 58.9 Å². The Labute approximate surface area is 206 Å². The fourth-order valence-corrected chi connectivity index (χ4v) is 4.43. The van der Waals surface area contributed by atoms with Gasteiger partial charge in [-0.05, 0) is 73.9 Å². The summed E-state index contributed by atoms with van der Waals surface area (Å²) in [4.78, 5) is 24.9. The third kappa shape index (κ3) is 5.77. The zero-order valence-corrected chi connectivity index (χ0v) is 20.5. The lowest BCUT2D eigenvalue weighted by atomic mass is 10.1. The second kappa shape index (κ2) is 11.0. The van der Waals surface area contributed by atoms with Crippen LogP contribution in [-0.4, -0.2) is 42.9 Å². The van der Waals surface area contributed by atoms with Crippen molar-refractivity contribution >= 4 is 40.4 Å². The third-order valence-electron chi connectivity index (χ3n) is 6.39. The number of anilines is 2. The topological polar surface area (TPSA) is 92.8 Å². The van der Waals surface area contributed by atoms with E-state index in [2.05, 4.69) is 21.3 Å². The maximum Gasteiger partial charge on any atom is 0.259 e. The van der Waals surface area contributed by atoms with Crippen LogP contribution in [-0.2, 0) is 9.53 Å². The molecule has 1 aromatic heterocycles. The van der Waals surface area contributed by atoms with Crippen molar-refractivity contribution in [3.8, 4) is 0 Å². The number of halogens is 1. The Morgan fingerprint density at radius 1 is 1.26 bits per heavy atom. The molecule has 34 heavy (non-hydrogen) atoms. The Hall–Kier alpha value is -2.90. The molecule has 2 aromatic rings. The number of pyridine rings is 1. The van der Waals surface area contributed by atoms with E-state index in [-0.39, 0.29) is 5.91 Å². The molecule has 0 bridgehead atoms. The van der Waals surface area contributed by atoms with E-state index in [0.717, 1.165) is 44.6 Å². The monoisotopic (exact) mass is 481 g/mol. The summed E-state index contributed by atoms with van der Waals surface area (Å²) in [6, 6.07) is 9.22. The van der Waals surface area contributed by atoms with Gasteiger partial charge in [0.15, 0.2) is 0 Å². The Morgan fingerprint density at radius 3 is 2.56 bits per heavy atom. The molecule has 1 amide bonds. The second-order valence-electron chi connectivity index (χ2n) is 8.76. The first-order chi connectivity index (χ1) is 16.5. The number of piperidine rings is 1. The highest BCUT2D eigenvalue weighted by molar-refractivity contribution is 6.30. The Bertz CT molecular complexity index is 1070. The molecule has 8 heteroatoms. The van der Waals surface area contributed by atoms with Crippen molar-refractivity contribution in [2.24, 2.45) is 10.7 Å². The van der Waals surface area contributed by atoms with Gasteiger partial charge in [0.1, 0.15) is 5.82 Å². The van der Waals surface area contributed by atoms with E-state index in [9.17, 15) is 4.79 Å². The molecule has 1 aliphatic heterocycles. The van der Waals surface area contributed by atoms with Gasteiger partial charge in [0.2, 0.25) is 0 Å². The zero-order valence-electron chi connectivity index (χ0n) is 19.8. The molecule has 1 aromatic carbocycles. The van der Waals surface area contributed by atoms with Crippen LogP contribution in [0.5, 0.6) is 0 Å². The molecule has 3 N–H and O–H groups in total. The number of carbonyl (C=O) groups excluding carboxylic acids is 1. The van der Waals surface area contributed by atoms with E-state index in [1.807, 2.05) is 19.1 Å². The molecule has 0 radical (unpaired) electrons. The molecule has 4 rings (SSSR count). The average molecular weight is 482 g/mol. The number of rotatable bonds is 8. The third-order valence-corrected chi connectivity index (χ3v) is 6.64. The highest BCUT2D eigenvalue weighted by atomic mass is 35.5. The number of ether oxygens (including phenoxy) is 1. The van der Waals surface area contributed by atoms with E-state index in [1.54, 1.807) is 25.4 Å². The van der Waals surface area contributed by atoms with Gasteiger partial charge in [0.05, 0.1) is 35.0 Å². The van der Waals surface area contributed by atoms with Crippen molar-refractivity contribution in [1.82, 2.24) is 4.98 Å². The molecule has 0 atom stereocenters. The van der Waals surface area contributed by atoms with Crippen LogP contribution in [0.3, 0.4) is 0 Å². The Morgan fingerprint density at radius 2 is 1.97 bits per heavy atom. The summed E-state index contributed by atoms with van der Waals surface area (Å²) in [5, 5.41) is 3.62. The minimum atomic E-state index is -0.297. The van der Waals surface area contributed by atoms with Crippen molar-refractivity contribution in [1.29, 1.82) is 0 Å². The first-order valence-corrected chi connectivity index (χ1v) is 12.2. The van der Waals surface area contributed by atoms with Crippen LogP contribution in [0.25, 0.3) is 0 Å². The first kappa shape index (κ1) is 24.2. The first-order valence-electron chi connectivity index (χ1n) is 11.9. The smallest absolute Gasteiger partial charge is 0.259 e. The van der Waals surface area contributed by atoms with Crippen LogP contribution in [0.15, 0.2) is 53.3 Å². The van der Waals surface area contributed by atoms with E-state index in [4.69, 9.17) is 27.1 Å². The summed E-state index contributed by atoms with van der Waals surface area (Å²) >= 11 is 5.97. The maximum atomic E-state index is 13.1. The Kier molecular flexibility index (Phi) is 7.85. The van der Waals surface area contributed by atoms with Gasteiger partial charge in [-0.15, -0.1) is 0 Å². The minimum Gasteiger partial charge on any atom is -0.404 e. The van der Waals surface area contributed by atoms with Gasteiger partial charge in [0.25, 0.3) is 5.91 Å². The lowest BCUT2D eigenvalue weighted by Gasteiger charge is -2.33. The van der Waals surface area contributed by atoms with Gasteiger partial charge in [-0.1, -0.05) is 18.5 Å². The minimum absolute atomic E-state index is 0.297. The quantitative estimate of drug-likeness (QED) is 0.399. The molecule has 2 fully saturated rings. The van der Waals surface area contributed by atoms with Crippen LogP contribution in [0.1, 0.15) is 50.5 Å². The number of amides is 1. The largest absolute Gasteiger partial charge is 0.404 e. The Balaban J connectivity index is 1.51. The summed E-state index contributed by atoms with van der Waals surface area (Å²) in [6.45, 7) is 3.80. The van der Waals surface area contributed by atoms with Crippen LogP contribution in [0, 0.1) is 0 Å². The standard InChI is InChI=1S/C26H32ClN5O2/c1-3-24(30-19-8-6-18(27)7-9-19)23(15-28)26(33)31-20-14-22(17-4-5-17)25(29-16-20)32-12-10-21(34-2)11-13-32/h6-9,14-17,21H,3-5,10-13,28H2,1-2H3,(H,31,33). The van der Waals surface area contributed by atoms with Gasteiger partial charge in [0, 0.05) is 31.4 Å². The number of carbonyl (C=O) groups is 1. The molecule has 1 saturated carbocycles. The molecular weight excluding hydrogens is 450 g/mol. The molecule has 7 nitrogen and oxygen atoms in total. The highest BCUT2D eigenvalue weighted by Gasteiger charge is 2.31. The lowest BCUT2D eigenvalue weighted by Crippen LogP contribution is -2.37. The van der Waals surface area contributed by atoms with E-state index < -0.39 is 0 Å². The lowest BCUT2D eigenvalue weighted by molar-refractivity contribution is -0.112. The molecule has 2 heterocycles. The highest BCUT2D eigenvalue weighted by Crippen LogP contribution is 2.45. The molecule has 0 unspecified atom stereocenters. The number of nitrogens with one attached hydrogen (secondary N) is 1. The summed E-state index contributed by atoms with van der Waals surface area (Å²) < 4.78 is 5.51. The normalized spacial score (nSPS) is 17.7. The summed E-state index contributed by atoms with van der Waals surface area (Å²) in [6.07, 6.45) is 8.24. The van der Waals surface area contributed by atoms with Crippen LogP contribution in [0.4, 0.5) is 17.2 Å². The number of hydrogen-bond donors (Lipinski definition) is 2. The summed E-state index contributed by atoms with van der Waals surface area (Å²) in [5.74, 6) is 1.24. The zero-order chi connectivity index (χ0) is 24.1. The van der Waals surface area contributed by atoms with Gasteiger partial charge in [-0.2, -0.15) is 0 Å². The van der Waals surface area contributed by atoms with E-state index >= 15 is 0 Å². The van der Waals surface area contributed by atoms with Crippen LogP contribution >= 0.6 is 11.6 Å². The average Bonchev–Trinajstić information content (AvgIpc) is 3.71. The number of nitrogens with zero attached hydrogens (tertiary/aromatic N) is 3.